The molecule has 0 radical (unpaired) electrons. The van der Waals surface area contributed by atoms with Gasteiger partial charge in [0.2, 0.25) is 0 Å². The lowest BCUT2D eigenvalue weighted by atomic mass is 10.1. The fourth-order valence-electron chi connectivity index (χ4n) is 3.21. The molecule has 1 heterocycles. The maximum Gasteiger partial charge on any atom is 0.191 e. The topological polar surface area (TPSA) is 54.9 Å². The molecule has 2 aromatic rings. The summed E-state index contributed by atoms with van der Waals surface area (Å²) in [4.78, 5) is 4.69. The fraction of sp³-hybridized carbons (Fsp3) is 0.435. The first-order chi connectivity index (χ1) is 14.2. The molecule has 5 nitrogen and oxygen atoms in total. The first kappa shape index (κ1) is 24.4. The SMILES string of the molecule is CCNC(=NCc1ccc(C)cc1OC1CCOC1)NCCc1ccccc1F.I. The molecule has 1 aliphatic rings. The molecule has 1 aliphatic heterocycles. The summed E-state index contributed by atoms with van der Waals surface area (Å²) in [6.07, 6.45) is 1.61. The zero-order valence-electron chi connectivity index (χ0n) is 17.6. The van der Waals surface area contributed by atoms with Crippen LogP contribution in [0.5, 0.6) is 5.75 Å². The van der Waals surface area contributed by atoms with Crippen LogP contribution < -0.4 is 15.4 Å². The van der Waals surface area contributed by atoms with Crippen LogP contribution in [-0.4, -0.2) is 38.4 Å². The van der Waals surface area contributed by atoms with Crippen LogP contribution in [0.25, 0.3) is 0 Å². The number of hydrogen-bond acceptors (Lipinski definition) is 3. The highest BCUT2D eigenvalue weighted by Gasteiger charge is 2.18. The number of aryl methyl sites for hydroxylation is 1. The van der Waals surface area contributed by atoms with Gasteiger partial charge in [-0.15, -0.1) is 24.0 Å². The van der Waals surface area contributed by atoms with Crippen molar-refractivity contribution in [3.8, 4) is 5.75 Å². The summed E-state index contributed by atoms with van der Waals surface area (Å²) in [6, 6.07) is 13.0. The fourth-order valence-corrected chi connectivity index (χ4v) is 3.21. The maximum atomic E-state index is 13.8. The van der Waals surface area contributed by atoms with Crippen LogP contribution in [0.2, 0.25) is 0 Å². The van der Waals surface area contributed by atoms with Crippen molar-refractivity contribution in [1.82, 2.24) is 10.6 Å². The predicted octanol–water partition coefficient (Wildman–Crippen LogP) is 4.22. The minimum absolute atomic E-state index is 0. The van der Waals surface area contributed by atoms with Gasteiger partial charge in [0.1, 0.15) is 17.7 Å². The first-order valence-corrected chi connectivity index (χ1v) is 10.2. The maximum absolute atomic E-state index is 13.8. The minimum Gasteiger partial charge on any atom is -0.488 e. The van der Waals surface area contributed by atoms with Crippen molar-refractivity contribution in [2.45, 2.75) is 39.3 Å². The van der Waals surface area contributed by atoms with Crippen molar-refractivity contribution in [2.75, 3.05) is 26.3 Å². The van der Waals surface area contributed by atoms with Crippen molar-refractivity contribution in [3.63, 3.8) is 0 Å². The number of hydrogen-bond donors (Lipinski definition) is 2. The van der Waals surface area contributed by atoms with E-state index >= 15 is 0 Å². The molecule has 2 aromatic carbocycles. The Balaban J connectivity index is 0.00000320. The van der Waals surface area contributed by atoms with Gasteiger partial charge in [0, 0.05) is 25.1 Å². The average Bonchev–Trinajstić information content (AvgIpc) is 3.22. The summed E-state index contributed by atoms with van der Waals surface area (Å²) in [5.74, 6) is 1.40. The molecule has 0 saturated carbocycles. The third kappa shape index (κ3) is 7.43. The summed E-state index contributed by atoms with van der Waals surface area (Å²) >= 11 is 0. The Bertz CT molecular complexity index is 826. The third-order valence-corrected chi connectivity index (χ3v) is 4.80. The molecule has 0 aliphatic carbocycles. The van der Waals surface area contributed by atoms with E-state index in [1.807, 2.05) is 19.1 Å². The van der Waals surface area contributed by atoms with E-state index in [2.05, 4.69) is 35.8 Å². The molecule has 30 heavy (non-hydrogen) atoms. The van der Waals surface area contributed by atoms with Crippen LogP contribution in [0.15, 0.2) is 47.5 Å². The number of guanidine groups is 1. The Morgan fingerprint density at radius 3 is 2.77 bits per heavy atom. The van der Waals surface area contributed by atoms with Crippen molar-refractivity contribution in [2.24, 2.45) is 4.99 Å². The lowest BCUT2D eigenvalue weighted by molar-refractivity contribution is 0.140. The molecular formula is C23H31FIN3O2. The molecule has 1 saturated heterocycles. The van der Waals surface area contributed by atoms with E-state index < -0.39 is 0 Å². The third-order valence-electron chi connectivity index (χ3n) is 4.80. The van der Waals surface area contributed by atoms with Gasteiger partial charge in [0.25, 0.3) is 0 Å². The van der Waals surface area contributed by atoms with Crippen LogP contribution in [-0.2, 0) is 17.7 Å². The summed E-state index contributed by atoms with van der Waals surface area (Å²) in [7, 11) is 0. The van der Waals surface area contributed by atoms with E-state index in [0.717, 1.165) is 36.4 Å². The summed E-state index contributed by atoms with van der Waals surface area (Å²) in [5, 5.41) is 6.52. The Kier molecular flexibility index (Phi) is 10.4. The van der Waals surface area contributed by atoms with Crippen LogP contribution in [0.4, 0.5) is 4.39 Å². The quantitative estimate of drug-likeness (QED) is 0.307. The largest absolute Gasteiger partial charge is 0.488 e. The number of nitrogens with zero attached hydrogens (tertiary/aromatic N) is 1. The van der Waals surface area contributed by atoms with Gasteiger partial charge < -0.3 is 20.1 Å². The van der Waals surface area contributed by atoms with Crippen molar-refractivity contribution in [1.29, 1.82) is 0 Å². The van der Waals surface area contributed by atoms with Gasteiger partial charge >= 0.3 is 0 Å². The van der Waals surface area contributed by atoms with E-state index in [9.17, 15) is 4.39 Å². The van der Waals surface area contributed by atoms with Gasteiger partial charge in [0.05, 0.1) is 19.8 Å². The molecule has 0 aromatic heterocycles. The number of ether oxygens (including phenoxy) is 2. The lowest BCUT2D eigenvalue weighted by Gasteiger charge is -2.16. The molecule has 1 fully saturated rings. The highest BCUT2D eigenvalue weighted by molar-refractivity contribution is 14.0. The van der Waals surface area contributed by atoms with Gasteiger partial charge in [-0.1, -0.05) is 30.3 Å². The molecule has 2 N–H and O–H groups in total. The number of aliphatic imine (C=N–C) groups is 1. The smallest absolute Gasteiger partial charge is 0.191 e. The summed E-state index contributed by atoms with van der Waals surface area (Å²) < 4.78 is 25.4. The molecule has 164 valence electrons. The second-order valence-electron chi connectivity index (χ2n) is 7.18. The molecule has 7 heteroatoms. The molecule has 0 bridgehead atoms. The van der Waals surface area contributed by atoms with Gasteiger partial charge in [-0.2, -0.15) is 0 Å². The molecule has 3 rings (SSSR count). The van der Waals surface area contributed by atoms with E-state index in [1.165, 1.54) is 6.07 Å². The van der Waals surface area contributed by atoms with E-state index in [4.69, 9.17) is 14.5 Å². The zero-order valence-corrected chi connectivity index (χ0v) is 19.9. The molecule has 1 atom stereocenters. The minimum atomic E-state index is -0.173. The standard InChI is InChI=1S/C23H30FN3O2.HI/c1-3-25-23(26-12-10-18-6-4-5-7-21(18)24)27-15-19-9-8-17(2)14-22(19)29-20-11-13-28-16-20;/h4-9,14,20H,3,10-13,15-16H2,1-2H3,(H2,25,26,27);1H. The Labute approximate surface area is 195 Å². The second kappa shape index (κ2) is 12.7. The van der Waals surface area contributed by atoms with E-state index in [1.54, 1.807) is 6.07 Å². The number of nitrogens with one attached hydrogen (secondary N) is 2. The van der Waals surface area contributed by atoms with Crippen LogP contribution in [0.3, 0.4) is 0 Å². The van der Waals surface area contributed by atoms with Gasteiger partial charge in [-0.25, -0.2) is 9.38 Å². The number of benzene rings is 2. The van der Waals surface area contributed by atoms with Crippen molar-refractivity contribution >= 4 is 29.9 Å². The Morgan fingerprint density at radius 1 is 1.20 bits per heavy atom. The highest BCUT2D eigenvalue weighted by Crippen LogP contribution is 2.24. The van der Waals surface area contributed by atoms with Gasteiger partial charge in [0.15, 0.2) is 5.96 Å². The monoisotopic (exact) mass is 527 g/mol. The highest BCUT2D eigenvalue weighted by atomic mass is 127. The molecule has 0 spiro atoms. The second-order valence-corrected chi connectivity index (χ2v) is 7.18. The Morgan fingerprint density at radius 2 is 2.03 bits per heavy atom. The molecule has 0 amide bonds. The zero-order chi connectivity index (χ0) is 20.5. The summed E-state index contributed by atoms with van der Waals surface area (Å²) in [5.41, 5.74) is 2.89. The molecule has 1 unspecified atom stereocenters. The normalized spacial score (nSPS) is 16.1. The van der Waals surface area contributed by atoms with Crippen LogP contribution >= 0.6 is 24.0 Å². The van der Waals surface area contributed by atoms with Crippen molar-refractivity contribution in [3.05, 3.63) is 65.0 Å². The van der Waals surface area contributed by atoms with Crippen LogP contribution in [0.1, 0.15) is 30.0 Å². The number of rotatable bonds is 8. The first-order valence-electron chi connectivity index (χ1n) is 10.2. The molecular weight excluding hydrogens is 496 g/mol. The van der Waals surface area contributed by atoms with Crippen molar-refractivity contribution < 1.29 is 13.9 Å². The number of halogens is 2. The van der Waals surface area contributed by atoms with E-state index in [-0.39, 0.29) is 35.9 Å². The Hall–Kier alpha value is -1.87. The van der Waals surface area contributed by atoms with Gasteiger partial charge in [-0.3, -0.25) is 0 Å². The summed E-state index contributed by atoms with van der Waals surface area (Å²) in [6.45, 7) is 7.31. The van der Waals surface area contributed by atoms with Gasteiger partial charge in [-0.05, 0) is 43.5 Å². The van der Waals surface area contributed by atoms with E-state index in [0.29, 0.717) is 37.6 Å². The predicted molar refractivity (Wildman–Crippen MR) is 129 cm³/mol. The lowest BCUT2D eigenvalue weighted by Crippen LogP contribution is -2.38. The van der Waals surface area contributed by atoms with Crippen LogP contribution in [0, 0.1) is 12.7 Å². The average molecular weight is 527 g/mol.